The maximum atomic E-state index is 12.0. The van der Waals surface area contributed by atoms with E-state index >= 15 is 0 Å². The molecule has 0 spiro atoms. The summed E-state index contributed by atoms with van der Waals surface area (Å²) in [5.74, 6) is 0. The van der Waals surface area contributed by atoms with Crippen molar-refractivity contribution in [2.45, 2.75) is 11.1 Å². The van der Waals surface area contributed by atoms with E-state index in [1.165, 1.54) is 6.07 Å². The van der Waals surface area contributed by atoms with Crippen molar-refractivity contribution in [1.29, 1.82) is 0 Å². The Balaban J connectivity index is 2.30. The molecule has 96 valence electrons. The van der Waals surface area contributed by atoms with E-state index in [9.17, 15) is 8.42 Å². The summed E-state index contributed by atoms with van der Waals surface area (Å²) in [6.45, 7) is 1.85. The highest BCUT2D eigenvalue weighted by atomic mass is 35.5. The minimum atomic E-state index is -3.60. The first-order valence-electron chi connectivity index (χ1n) is 4.93. The lowest BCUT2D eigenvalue weighted by Gasteiger charge is -2.07. The van der Waals surface area contributed by atoms with Gasteiger partial charge >= 0.3 is 0 Å². The topological polar surface area (TPSA) is 46.2 Å². The average Bonchev–Trinajstić information content (AvgIpc) is 2.71. The zero-order chi connectivity index (χ0) is 13.3. The van der Waals surface area contributed by atoms with E-state index in [-0.39, 0.29) is 4.21 Å². The first-order valence-corrected chi connectivity index (χ1v) is 7.98. The number of halogens is 2. The highest BCUT2D eigenvalue weighted by Gasteiger charge is 2.16. The van der Waals surface area contributed by atoms with Gasteiger partial charge in [0, 0.05) is 5.02 Å². The lowest BCUT2D eigenvalue weighted by molar-refractivity contribution is 0.603. The molecule has 0 aliphatic heterocycles. The van der Waals surface area contributed by atoms with Gasteiger partial charge in [0.25, 0.3) is 10.0 Å². The molecule has 0 amide bonds. The molecule has 18 heavy (non-hydrogen) atoms. The molecule has 0 atom stereocenters. The molecule has 2 aromatic rings. The highest BCUT2D eigenvalue weighted by molar-refractivity contribution is 7.94. The molecule has 0 fully saturated rings. The van der Waals surface area contributed by atoms with Gasteiger partial charge in [-0.25, -0.2) is 8.42 Å². The van der Waals surface area contributed by atoms with Crippen LogP contribution < -0.4 is 4.72 Å². The minimum Gasteiger partial charge on any atom is -0.279 e. The van der Waals surface area contributed by atoms with Crippen LogP contribution in [-0.2, 0) is 10.0 Å². The number of aryl methyl sites for hydroxylation is 1. The summed E-state index contributed by atoms with van der Waals surface area (Å²) in [5, 5.41) is 0.513. The number of hydrogen-bond acceptors (Lipinski definition) is 3. The van der Waals surface area contributed by atoms with Crippen LogP contribution in [0.4, 0.5) is 5.69 Å². The van der Waals surface area contributed by atoms with Crippen molar-refractivity contribution in [1.82, 2.24) is 0 Å². The summed E-state index contributed by atoms with van der Waals surface area (Å²) in [7, 11) is -3.60. The van der Waals surface area contributed by atoms with E-state index in [2.05, 4.69) is 4.72 Å². The molecule has 3 nitrogen and oxygen atoms in total. The van der Waals surface area contributed by atoms with Crippen LogP contribution in [0.5, 0.6) is 0 Å². The molecule has 1 aromatic carbocycles. The maximum Gasteiger partial charge on any atom is 0.271 e. The molecule has 1 N–H and O–H groups in total. The monoisotopic (exact) mass is 321 g/mol. The summed E-state index contributed by atoms with van der Waals surface area (Å²) >= 11 is 12.7. The van der Waals surface area contributed by atoms with Crippen LogP contribution in [0.1, 0.15) is 5.56 Å². The largest absolute Gasteiger partial charge is 0.279 e. The molecule has 2 rings (SSSR count). The second-order valence-corrected chi connectivity index (χ2v) is 7.66. The second-order valence-electron chi connectivity index (χ2n) is 3.63. The van der Waals surface area contributed by atoms with E-state index in [1.54, 1.807) is 24.3 Å². The standard InChI is InChI=1S/C11H9Cl2NO2S2/c1-7-2-3-8(6-9(7)12)14-18(15,16)11-5-4-10(13)17-11/h2-6,14H,1H3. The smallest absolute Gasteiger partial charge is 0.271 e. The van der Waals surface area contributed by atoms with Crippen molar-refractivity contribution in [2.24, 2.45) is 0 Å². The SMILES string of the molecule is Cc1ccc(NS(=O)(=O)c2ccc(Cl)s2)cc1Cl. The lowest BCUT2D eigenvalue weighted by Crippen LogP contribution is -2.11. The van der Waals surface area contributed by atoms with E-state index in [4.69, 9.17) is 23.2 Å². The van der Waals surface area contributed by atoms with Gasteiger partial charge in [-0.05, 0) is 36.8 Å². The fourth-order valence-corrected chi connectivity index (χ4v) is 4.02. The molecule has 1 aromatic heterocycles. The lowest BCUT2D eigenvalue weighted by atomic mass is 10.2. The van der Waals surface area contributed by atoms with E-state index < -0.39 is 10.0 Å². The Bertz CT molecular complexity index is 680. The highest BCUT2D eigenvalue weighted by Crippen LogP contribution is 2.28. The molecule has 0 bridgehead atoms. The Hall–Kier alpha value is -0.750. The van der Waals surface area contributed by atoms with Crippen molar-refractivity contribution >= 4 is 50.2 Å². The van der Waals surface area contributed by atoms with E-state index in [1.807, 2.05) is 6.92 Å². The van der Waals surface area contributed by atoms with Crippen molar-refractivity contribution in [3.05, 3.63) is 45.3 Å². The summed E-state index contributed by atoms with van der Waals surface area (Å²) in [4.78, 5) is 0. The minimum absolute atomic E-state index is 0.171. The summed E-state index contributed by atoms with van der Waals surface area (Å²) in [5.41, 5.74) is 1.31. The molecule has 0 radical (unpaired) electrons. The van der Waals surface area contributed by atoms with Crippen LogP contribution in [0.25, 0.3) is 0 Å². The Kier molecular flexibility index (Phi) is 3.87. The molecule has 0 saturated heterocycles. The third kappa shape index (κ3) is 2.98. The van der Waals surface area contributed by atoms with Gasteiger partial charge in [0.05, 0.1) is 10.0 Å². The molecule has 0 unspecified atom stereocenters. The summed E-state index contributed by atoms with van der Waals surface area (Å²) in [6.07, 6.45) is 0. The number of sulfonamides is 1. The normalized spacial score (nSPS) is 11.5. The number of thiophene rings is 1. The number of anilines is 1. The molecular weight excluding hydrogens is 313 g/mol. The van der Waals surface area contributed by atoms with Gasteiger partial charge in [-0.2, -0.15) is 0 Å². The third-order valence-corrected chi connectivity index (χ3v) is 5.75. The Morgan fingerprint density at radius 1 is 1.17 bits per heavy atom. The van der Waals surface area contributed by atoms with Crippen molar-refractivity contribution in [2.75, 3.05) is 4.72 Å². The van der Waals surface area contributed by atoms with Gasteiger partial charge < -0.3 is 0 Å². The maximum absolute atomic E-state index is 12.0. The van der Waals surface area contributed by atoms with Crippen molar-refractivity contribution in [3.63, 3.8) is 0 Å². The Morgan fingerprint density at radius 3 is 2.44 bits per heavy atom. The fourth-order valence-electron chi connectivity index (χ4n) is 1.30. The fraction of sp³-hybridized carbons (Fsp3) is 0.0909. The number of rotatable bonds is 3. The zero-order valence-electron chi connectivity index (χ0n) is 9.28. The molecule has 7 heteroatoms. The van der Waals surface area contributed by atoms with Crippen LogP contribution >= 0.6 is 34.5 Å². The van der Waals surface area contributed by atoms with Gasteiger partial charge in [-0.3, -0.25) is 4.72 Å². The van der Waals surface area contributed by atoms with Crippen LogP contribution in [0, 0.1) is 6.92 Å². The van der Waals surface area contributed by atoms with Crippen LogP contribution in [0.15, 0.2) is 34.5 Å². The van der Waals surface area contributed by atoms with E-state index in [0.29, 0.717) is 15.0 Å². The van der Waals surface area contributed by atoms with Crippen LogP contribution in [-0.4, -0.2) is 8.42 Å². The van der Waals surface area contributed by atoms with Crippen molar-refractivity contribution in [3.8, 4) is 0 Å². The second kappa shape index (κ2) is 5.09. The van der Waals surface area contributed by atoms with Crippen molar-refractivity contribution < 1.29 is 8.42 Å². The molecule has 1 heterocycles. The summed E-state index contributed by atoms with van der Waals surface area (Å²) in [6, 6.07) is 7.99. The Morgan fingerprint density at radius 2 is 1.89 bits per heavy atom. The number of benzene rings is 1. The first-order chi connectivity index (χ1) is 8.38. The predicted octanol–water partition coefficient (Wildman–Crippen LogP) is 4.16. The van der Waals surface area contributed by atoms with Gasteiger partial charge in [0.2, 0.25) is 0 Å². The quantitative estimate of drug-likeness (QED) is 0.922. The predicted molar refractivity (Wildman–Crippen MR) is 76.3 cm³/mol. The molecule has 0 aliphatic carbocycles. The van der Waals surface area contributed by atoms with Gasteiger partial charge in [0.1, 0.15) is 4.21 Å². The number of nitrogens with one attached hydrogen (secondary N) is 1. The van der Waals surface area contributed by atoms with Gasteiger partial charge in [-0.1, -0.05) is 29.3 Å². The molecule has 0 saturated carbocycles. The summed E-state index contributed by atoms with van der Waals surface area (Å²) < 4.78 is 27.1. The zero-order valence-corrected chi connectivity index (χ0v) is 12.4. The number of hydrogen-bond donors (Lipinski definition) is 1. The first kappa shape index (κ1) is 13.7. The van der Waals surface area contributed by atoms with Crippen LogP contribution in [0.2, 0.25) is 9.36 Å². The van der Waals surface area contributed by atoms with E-state index in [0.717, 1.165) is 16.9 Å². The van der Waals surface area contributed by atoms with Gasteiger partial charge in [0.15, 0.2) is 0 Å². The molecular formula is C11H9Cl2NO2S2. The Labute approximate surface area is 119 Å². The third-order valence-electron chi connectivity index (χ3n) is 2.24. The average molecular weight is 322 g/mol. The van der Waals surface area contributed by atoms with Gasteiger partial charge in [-0.15, -0.1) is 11.3 Å². The molecule has 0 aliphatic rings. The van der Waals surface area contributed by atoms with Crippen LogP contribution in [0.3, 0.4) is 0 Å².